The van der Waals surface area contributed by atoms with Crippen LogP contribution in [0.1, 0.15) is 49.8 Å². The number of nitrogens with zero attached hydrogens (tertiary/aromatic N) is 3. The molecule has 0 radical (unpaired) electrons. The standard InChI is InChI=1S/C27H31N3O2/c1-20-12-8-9-15-22(20)26-25(21-13-5-4-6-14-21)28-23-16-11-19-30(27(23)29-26)18-10-3-2-7-17-24(31)32/h4-6,8-9,12-15H,2-3,7,10-11,16-19H2,1H3,(H,31,32). The minimum Gasteiger partial charge on any atom is -0.481 e. The van der Waals surface area contributed by atoms with Crippen molar-refractivity contribution in [2.24, 2.45) is 0 Å². The van der Waals surface area contributed by atoms with Crippen LogP contribution in [-0.4, -0.2) is 34.1 Å². The molecule has 3 aromatic rings. The lowest BCUT2D eigenvalue weighted by Crippen LogP contribution is -2.32. The Morgan fingerprint density at radius 3 is 2.47 bits per heavy atom. The van der Waals surface area contributed by atoms with Gasteiger partial charge in [0.25, 0.3) is 0 Å². The Bertz CT molecular complexity index is 1070. The number of hydrogen-bond acceptors (Lipinski definition) is 4. The Morgan fingerprint density at radius 2 is 1.69 bits per heavy atom. The molecule has 32 heavy (non-hydrogen) atoms. The van der Waals surface area contributed by atoms with Crippen molar-refractivity contribution in [1.29, 1.82) is 0 Å². The quantitative estimate of drug-likeness (QED) is 0.429. The number of aliphatic carboxylic acids is 1. The van der Waals surface area contributed by atoms with E-state index in [9.17, 15) is 4.79 Å². The van der Waals surface area contributed by atoms with Crippen molar-refractivity contribution in [3.8, 4) is 22.5 Å². The highest BCUT2D eigenvalue weighted by Gasteiger charge is 2.24. The van der Waals surface area contributed by atoms with Gasteiger partial charge >= 0.3 is 5.97 Å². The molecule has 0 atom stereocenters. The van der Waals surface area contributed by atoms with Gasteiger partial charge in [-0.25, -0.2) is 9.97 Å². The minimum atomic E-state index is -0.705. The second-order valence-electron chi connectivity index (χ2n) is 8.52. The molecular weight excluding hydrogens is 398 g/mol. The average Bonchev–Trinajstić information content (AvgIpc) is 2.81. The Balaban J connectivity index is 1.62. The number of carbonyl (C=O) groups is 1. The summed E-state index contributed by atoms with van der Waals surface area (Å²) in [6, 6.07) is 18.7. The molecule has 5 heteroatoms. The highest BCUT2D eigenvalue weighted by atomic mass is 16.4. The number of aromatic nitrogens is 2. The Morgan fingerprint density at radius 1 is 0.938 bits per heavy atom. The van der Waals surface area contributed by atoms with Crippen LogP contribution >= 0.6 is 0 Å². The number of fused-ring (bicyclic) bond motifs is 1. The fourth-order valence-corrected chi connectivity index (χ4v) is 4.40. The number of rotatable bonds is 9. The predicted molar refractivity (Wildman–Crippen MR) is 129 cm³/mol. The highest BCUT2D eigenvalue weighted by molar-refractivity contribution is 5.81. The van der Waals surface area contributed by atoms with Crippen molar-refractivity contribution < 1.29 is 9.90 Å². The summed E-state index contributed by atoms with van der Waals surface area (Å²) in [5, 5.41) is 8.80. The number of anilines is 1. The minimum absolute atomic E-state index is 0.264. The first-order chi connectivity index (χ1) is 15.6. The Labute approximate surface area is 190 Å². The maximum Gasteiger partial charge on any atom is 0.303 e. The molecule has 2 aromatic carbocycles. The van der Waals surface area contributed by atoms with Crippen LogP contribution in [0.15, 0.2) is 54.6 Å². The number of aryl methyl sites for hydroxylation is 2. The zero-order chi connectivity index (χ0) is 22.3. The van der Waals surface area contributed by atoms with Crippen molar-refractivity contribution in [3.63, 3.8) is 0 Å². The van der Waals surface area contributed by atoms with Crippen LogP contribution in [0.25, 0.3) is 22.5 Å². The molecular formula is C27H31N3O2. The molecule has 0 amide bonds. The van der Waals surface area contributed by atoms with Gasteiger partial charge in [-0.3, -0.25) is 4.79 Å². The van der Waals surface area contributed by atoms with E-state index in [1.165, 1.54) is 5.56 Å². The van der Waals surface area contributed by atoms with Gasteiger partial charge in [-0.2, -0.15) is 0 Å². The lowest BCUT2D eigenvalue weighted by Gasteiger charge is -2.30. The summed E-state index contributed by atoms with van der Waals surface area (Å²) in [5.74, 6) is 0.308. The van der Waals surface area contributed by atoms with Gasteiger partial charge in [0.05, 0.1) is 17.1 Å². The van der Waals surface area contributed by atoms with Gasteiger partial charge in [-0.05, 0) is 38.2 Å². The summed E-state index contributed by atoms with van der Waals surface area (Å²) < 4.78 is 0. The topological polar surface area (TPSA) is 66.3 Å². The summed E-state index contributed by atoms with van der Waals surface area (Å²) in [7, 11) is 0. The van der Waals surface area contributed by atoms with Crippen LogP contribution in [-0.2, 0) is 11.2 Å². The first-order valence-corrected chi connectivity index (χ1v) is 11.6. The summed E-state index contributed by atoms with van der Waals surface area (Å²) in [4.78, 5) is 23.5. The molecule has 1 aliphatic rings. The number of carboxylic acid groups (broad SMARTS) is 1. The molecule has 1 aliphatic heterocycles. The van der Waals surface area contributed by atoms with E-state index in [0.717, 1.165) is 85.6 Å². The monoisotopic (exact) mass is 429 g/mol. The van der Waals surface area contributed by atoms with E-state index in [1.807, 2.05) is 6.07 Å². The molecule has 0 saturated carbocycles. The summed E-state index contributed by atoms with van der Waals surface area (Å²) >= 11 is 0. The molecule has 0 aliphatic carbocycles. The number of benzene rings is 2. The van der Waals surface area contributed by atoms with Crippen LogP contribution in [0.5, 0.6) is 0 Å². The smallest absolute Gasteiger partial charge is 0.303 e. The highest BCUT2D eigenvalue weighted by Crippen LogP contribution is 2.35. The van der Waals surface area contributed by atoms with Gasteiger partial charge in [0, 0.05) is 30.6 Å². The predicted octanol–water partition coefficient (Wildman–Crippen LogP) is 5.91. The molecule has 166 valence electrons. The van der Waals surface area contributed by atoms with E-state index >= 15 is 0 Å². The van der Waals surface area contributed by atoms with Crippen molar-refractivity contribution in [2.45, 2.75) is 51.9 Å². The second-order valence-corrected chi connectivity index (χ2v) is 8.52. The molecule has 0 unspecified atom stereocenters. The molecule has 0 bridgehead atoms. The van der Waals surface area contributed by atoms with Gasteiger partial charge in [0.2, 0.25) is 0 Å². The fourth-order valence-electron chi connectivity index (χ4n) is 4.40. The molecule has 1 N–H and O–H groups in total. The third kappa shape index (κ3) is 5.16. The lowest BCUT2D eigenvalue weighted by molar-refractivity contribution is -0.137. The maximum atomic E-state index is 10.7. The van der Waals surface area contributed by atoms with Crippen LogP contribution in [0.3, 0.4) is 0 Å². The Hall–Kier alpha value is -3.21. The number of unbranched alkanes of at least 4 members (excludes halogenated alkanes) is 3. The zero-order valence-corrected chi connectivity index (χ0v) is 18.8. The van der Waals surface area contributed by atoms with E-state index in [-0.39, 0.29) is 6.42 Å². The van der Waals surface area contributed by atoms with Gasteiger partial charge < -0.3 is 10.0 Å². The van der Waals surface area contributed by atoms with E-state index in [1.54, 1.807) is 0 Å². The average molecular weight is 430 g/mol. The van der Waals surface area contributed by atoms with Crippen LogP contribution in [0.2, 0.25) is 0 Å². The van der Waals surface area contributed by atoms with Crippen molar-refractivity contribution in [2.75, 3.05) is 18.0 Å². The molecule has 0 saturated heterocycles. The lowest BCUT2D eigenvalue weighted by atomic mass is 9.99. The zero-order valence-electron chi connectivity index (χ0n) is 18.8. The Kier molecular flexibility index (Phi) is 7.15. The van der Waals surface area contributed by atoms with Gasteiger partial charge in [-0.15, -0.1) is 0 Å². The van der Waals surface area contributed by atoms with Crippen LogP contribution in [0, 0.1) is 6.92 Å². The molecule has 5 nitrogen and oxygen atoms in total. The van der Waals surface area contributed by atoms with E-state index < -0.39 is 5.97 Å². The molecule has 0 fully saturated rings. The second kappa shape index (κ2) is 10.4. The van der Waals surface area contributed by atoms with E-state index in [4.69, 9.17) is 15.1 Å². The summed E-state index contributed by atoms with van der Waals surface area (Å²) in [5.41, 5.74) is 6.39. The van der Waals surface area contributed by atoms with Gasteiger partial charge in [-0.1, -0.05) is 67.4 Å². The van der Waals surface area contributed by atoms with Crippen molar-refractivity contribution in [3.05, 3.63) is 65.9 Å². The van der Waals surface area contributed by atoms with Gasteiger partial charge in [0.15, 0.2) is 5.82 Å². The molecule has 0 spiro atoms. The maximum absolute atomic E-state index is 10.7. The van der Waals surface area contributed by atoms with Crippen LogP contribution < -0.4 is 4.90 Å². The molecule has 4 rings (SSSR count). The SMILES string of the molecule is Cc1ccccc1-c1nc2c(nc1-c1ccccc1)CCCN2CCCCCCC(=O)O. The molecule has 2 heterocycles. The van der Waals surface area contributed by atoms with Gasteiger partial charge in [0.1, 0.15) is 0 Å². The van der Waals surface area contributed by atoms with Crippen molar-refractivity contribution in [1.82, 2.24) is 9.97 Å². The number of carboxylic acids is 1. The van der Waals surface area contributed by atoms with E-state index in [2.05, 4.69) is 60.4 Å². The first kappa shape index (κ1) is 22.0. The first-order valence-electron chi connectivity index (χ1n) is 11.6. The summed E-state index contributed by atoms with van der Waals surface area (Å²) in [6.07, 6.45) is 6.09. The third-order valence-electron chi connectivity index (χ3n) is 6.10. The molecule has 1 aromatic heterocycles. The third-order valence-corrected chi connectivity index (χ3v) is 6.10. The fraction of sp³-hybridized carbons (Fsp3) is 0.370. The summed E-state index contributed by atoms with van der Waals surface area (Å²) in [6.45, 7) is 4.06. The van der Waals surface area contributed by atoms with Crippen LogP contribution in [0.4, 0.5) is 5.82 Å². The largest absolute Gasteiger partial charge is 0.481 e. The number of hydrogen-bond donors (Lipinski definition) is 1. The normalized spacial score (nSPS) is 13.1. The van der Waals surface area contributed by atoms with Crippen molar-refractivity contribution >= 4 is 11.8 Å². The van der Waals surface area contributed by atoms with E-state index in [0.29, 0.717) is 0 Å².